The molecule has 1 aromatic carbocycles. The highest BCUT2D eigenvalue weighted by Gasteiger charge is 2.59. The van der Waals surface area contributed by atoms with E-state index < -0.39 is 0 Å². The number of allylic oxidation sites excluding steroid dienone is 3. The number of hydrogen-bond donors (Lipinski definition) is 0. The van der Waals surface area contributed by atoms with Crippen LogP contribution < -0.4 is 0 Å². The monoisotopic (exact) mass is 457 g/mol. The van der Waals surface area contributed by atoms with Crippen LogP contribution in [0.2, 0.25) is 0 Å². The first-order valence-electron chi connectivity index (χ1n) is 12.9. The van der Waals surface area contributed by atoms with Gasteiger partial charge in [-0.15, -0.1) is 5.10 Å². The number of carbonyl (C=O) groups is 1. The number of rotatable bonds is 3. The summed E-state index contributed by atoms with van der Waals surface area (Å²) in [5.74, 6) is 3.27. The highest BCUT2D eigenvalue weighted by atomic mass is 16.2. The normalized spacial score (nSPS) is 37.3. The van der Waals surface area contributed by atoms with Gasteiger partial charge in [0.05, 0.1) is 5.69 Å². The van der Waals surface area contributed by atoms with E-state index in [0.717, 1.165) is 49.0 Å². The van der Waals surface area contributed by atoms with Crippen LogP contribution >= 0.6 is 0 Å². The van der Waals surface area contributed by atoms with Gasteiger partial charge in [-0.2, -0.15) is 4.68 Å². The highest BCUT2D eigenvalue weighted by molar-refractivity contribution is 5.77. The van der Waals surface area contributed by atoms with Gasteiger partial charge in [0.25, 0.3) is 0 Å². The third-order valence-corrected chi connectivity index (χ3v) is 10.1. The molecule has 2 saturated carbocycles. The molecule has 1 saturated heterocycles. The van der Waals surface area contributed by atoms with Crippen LogP contribution in [0.3, 0.4) is 0 Å². The van der Waals surface area contributed by atoms with Crippen molar-refractivity contribution in [3.8, 4) is 5.69 Å². The summed E-state index contributed by atoms with van der Waals surface area (Å²) in [7, 11) is 2.04. The first-order chi connectivity index (χ1) is 16.4. The van der Waals surface area contributed by atoms with Gasteiger partial charge in [0.15, 0.2) is 5.82 Å². The average Bonchev–Trinajstić information content (AvgIpc) is 3.45. The zero-order valence-corrected chi connectivity index (χ0v) is 20.5. The molecule has 3 fully saturated rings. The number of hydrogen-bond acceptors (Lipinski definition) is 4. The standard InChI is InChI=1S/C28H35N5O/c1-27-17-15-23-21(11-13-24-28(23,2)18-16-26(34)32(24)3)22(27)12-9-19(27)10-14-25-29-30-31-33(25)20-7-5-4-6-8-20/h4-10,14,21-24H,11-13,15-18H2,1-3H3/b14-10+/t21?,22?,23?,24?,27-,28-/m1/s1. The first kappa shape index (κ1) is 21.8. The third kappa shape index (κ3) is 3.14. The maximum atomic E-state index is 12.4. The molecule has 6 atom stereocenters. The van der Waals surface area contributed by atoms with E-state index in [1.807, 2.05) is 37.4 Å². The topological polar surface area (TPSA) is 63.9 Å². The van der Waals surface area contributed by atoms with Crippen molar-refractivity contribution in [2.24, 2.45) is 28.6 Å². The molecule has 0 spiro atoms. The van der Waals surface area contributed by atoms with Gasteiger partial charge in [-0.05, 0) is 101 Å². The molecular weight excluding hydrogens is 422 g/mol. The Morgan fingerprint density at radius 1 is 1.03 bits per heavy atom. The molecule has 0 N–H and O–H groups in total. The van der Waals surface area contributed by atoms with E-state index in [9.17, 15) is 4.79 Å². The fraction of sp³-hybridized carbons (Fsp3) is 0.571. The second-order valence-electron chi connectivity index (χ2n) is 11.4. The Morgan fingerprint density at radius 2 is 1.85 bits per heavy atom. The summed E-state index contributed by atoms with van der Waals surface area (Å²) in [6, 6.07) is 10.5. The fourth-order valence-corrected chi connectivity index (χ4v) is 8.22. The molecule has 178 valence electrons. The van der Waals surface area contributed by atoms with Crippen LogP contribution in [0.4, 0.5) is 0 Å². The lowest BCUT2D eigenvalue weighted by Gasteiger charge is -2.61. The number of likely N-dealkylation sites (tertiary alicyclic amines) is 1. The molecule has 0 radical (unpaired) electrons. The number of fused-ring (bicyclic) bond motifs is 5. The molecule has 0 bridgehead atoms. The number of tetrazole rings is 1. The van der Waals surface area contributed by atoms with Crippen molar-refractivity contribution in [1.29, 1.82) is 0 Å². The van der Waals surface area contributed by atoms with Crippen molar-refractivity contribution in [2.75, 3.05) is 7.05 Å². The Bertz CT molecular complexity index is 1150. The van der Waals surface area contributed by atoms with Crippen molar-refractivity contribution < 1.29 is 4.79 Å². The van der Waals surface area contributed by atoms with Gasteiger partial charge in [-0.25, -0.2) is 0 Å². The van der Waals surface area contributed by atoms with Gasteiger partial charge < -0.3 is 4.90 Å². The number of benzene rings is 1. The lowest BCUT2D eigenvalue weighted by Crippen LogP contribution is -2.61. The zero-order valence-electron chi connectivity index (χ0n) is 20.5. The van der Waals surface area contributed by atoms with Crippen LogP contribution in [0.15, 0.2) is 48.1 Å². The quantitative estimate of drug-likeness (QED) is 0.645. The molecule has 4 aliphatic rings. The van der Waals surface area contributed by atoms with Crippen LogP contribution in [-0.4, -0.2) is 44.1 Å². The van der Waals surface area contributed by atoms with Crippen LogP contribution in [0, 0.1) is 28.6 Å². The lowest BCUT2D eigenvalue weighted by atomic mass is 9.47. The summed E-state index contributed by atoms with van der Waals surface area (Å²) in [6.45, 7) is 4.98. The summed E-state index contributed by atoms with van der Waals surface area (Å²) >= 11 is 0. The van der Waals surface area contributed by atoms with Crippen LogP contribution in [0.1, 0.15) is 64.6 Å². The minimum atomic E-state index is 0.211. The van der Waals surface area contributed by atoms with E-state index in [0.29, 0.717) is 17.9 Å². The van der Waals surface area contributed by atoms with E-state index >= 15 is 0 Å². The van der Waals surface area contributed by atoms with Crippen molar-refractivity contribution in [1.82, 2.24) is 25.1 Å². The Morgan fingerprint density at radius 3 is 2.68 bits per heavy atom. The second kappa shape index (κ2) is 7.89. The van der Waals surface area contributed by atoms with E-state index in [1.54, 1.807) is 4.68 Å². The third-order valence-electron chi connectivity index (χ3n) is 10.1. The first-order valence-corrected chi connectivity index (χ1v) is 12.9. The largest absolute Gasteiger partial charge is 0.342 e. The van der Waals surface area contributed by atoms with E-state index in [1.165, 1.54) is 24.8 Å². The van der Waals surface area contributed by atoms with Gasteiger partial charge in [-0.1, -0.05) is 44.2 Å². The van der Waals surface area contributed by atoms with E-state index in [-0.39, 0.29) is 10.8 Å². The number of carbonyl (C=O) groups excluding carboxylic acids is 1. The van der Waals surface area contributed by atoms with Gasteiger partial charge in [0.2, 0.25) is 5.91 Å². The van der Waals surface area contributed by atoms with Gasteiger partial charge in [0.1, 0.15) is 0 Å². The molecule has 34 heavy (non-hydrogen) atoms. The highest BCUT2D eigenvalue weighted by Crippen LogP contribution is 2.64. The number of amides is 1. The number of aromatic nitrogens is 4. The molecule has 2 aromatic rings. The Balaban J connectivity index is 1.24. The molecule has 6 nitrogen and oxygen atoms in total. The van der Waals surface area contributed by atoms with Gasteiger partial charge in [-0.3, -0.25) is 4.79 Å². The SMILES string of the molecule is CN1C(=O)CC[C@]2(C)C3CC[C@]4(C)C(/C=C/c5nnnn5-c5ccccc5)=CCC4C3CCC12. The molecule has 1 aromatic heterocycles. The molecule has 6 heteroatoms. The van der Waals surface area contributed by atoms with Gasteiger partial charge >= 0.3 is 0 Å². The van der Waals surface area contributed by atoms with Gasteiger partial charge in [0, 0.05) is 19.5 Å². The molecular formula is C28H35N5O. The average molecular weight is 458 g/mol. The summed E-state index contributed by atoms with van der Waals surface area (Å²) in [5, 5.41) is 12.4. The van der Waals surface area contributed by atoms with Crippen molar-refractivity contribution in [3.63, 3.8) is 0 Å². The molecule has 6 rings (SSSR count). The predicted octanol–water partition coefficient (Wildman–Crippen LogP) is 5.08. The molecule has 2 heterocycles. The zero-order chi connectivity index (χ0) is 23.5. The molecule has 3 aliphatic carbocycles. The van der Waals surface area contributed by atoms with Crippen molar-refractivity contribution >= 4 is 12.0 Å². The predicted molar refractivity (Wildman–Crippen MR) is 132 cm³/mol. The summed E-state index contributed by atoms with van der Waals surface area (Å²) in [5.41, 5.74) is 2.89. The molecule has 4 unspecified atom stereocenters. The number of nitrogens with zero attached hydrogens (tertiary/aromatic N) is 5. The fourth-order valence-electron chi connectivity index (χ4n) is 8.22. The number of para-hydroxylation sites is 1. The maximum absolute atomic E-state index is 12.4. The smallest absolute Gasteiger partial charge is 0.222 e. The summed E-state index contributed by atoms with van der Waals surface area (Å²) in [6.07, 6.45) is 14.7. The maximum Gasteiger partial charge on any atom is 0.222 e. The Labute approximate surface area is 202 Å². The minimum absolute atomic E-state index is 0.211. The Hall–Kier alpha value is -2.76. The van der Waals surface area contributed by atoms with Crippen LogP contribution in [0.25, 0.3) is 11.8 Å². The molecule has 1 amide bonds. The Kier molecular flexibility index (Phi) is 5.05. The van der Waals surface area contributed by atoms with Crippen molar-refractivity contribution in [3.05, 3.63) is 53.9 Å². The van der Waals surface area contributed by atoms with Crippen LogP contribution in [0.5, 0.6) is 0 Å². The summed E-state index contributed by atoms with van der Waals surface area (Å²) < 4.78 is 1.80. The number of piperidine rings is 1. The summed E-state index contributed by atoms with van der Waals surface area (Å²) in [4.78, 5) is 14.5. The van der Waals surface area contributed by atoms with Crippen molar-refractivity contribution in [2.45, 2.75) is 64.8 Å². The molecule has 1 aliphatic heterocycles. The van der Waals surface area contributed by atoms with E-state index in [2.05, 4.69) is 52.5 Å². The van der Waals surface area contributed by atoms with E-state index in [4.69, 9.17) is 0 Å². The second-order valence-corrected chi connectivity index (χ2v) is 11.4. The van der Waals surface area contributed by atoms with Crippen LogP contribution in [-0.2, 0) is 4.79 Å². The lowest BCUT2D eigenvalue weighted by molar-refractivity contribution is -0.156. The minimum Gasteiger partial charge on any atom is -0.342 e.